The smallest absolute Gasteiger partial charge is 0.304 e. The highest BCUT2D eigenvalue weighted by Gasteiger charge is 2.26. The van der Waals surface area contributed by atoms with E-state index in [2.05, 4.69) is 9.97 Å². The Kier molecular flexibility index (Phi) is 2.42. The first-order valence-corrected chi connectivity index (χ1v) is 5.15. The molecule has 16 heavy (non-hydrogen) atoms. The molecular weight excluding hydrogens is 204 g/mol. The summed E-state index contributed by atoms with van der Waals surface area (Å²) in [6.07, 6.45) is 3.67. The van der Waals surface area contributed by atoms with Gasteiger partial charge < -0.3 is 10.1 Å². The maximum absolute atomic E-state index is 10.8. The molecule has 0 spiro atoms. The van der Waals surface area contributed by atoms with E-state index in [1.807, 2.05) is 32.2 Å². The summed E-state index contributed by atoms with van der Waals surface area (Å²) in [5.74, 6) is -0.789. The van der Waals surface area contributed by atoms with Crippen molar-refractivity contribution in [3.05, 3.63) is 30.1 Å². The van der Waals surface area contributed by atoms with Gasteiger partial charge in [0.2, 0.25) is 0 Å². The molecule has 0 aliphatic heterocycles. The normalized spacial score (nSPS) is 11.9. The number of nitrogens with one attached hydrogen (secondary N) is 1. The van der Waals surface area contributed by atoms with Crippen molar-refractivity contribution in [1.82, 2.24) is 9.97 Å². The Morgan fingerprint density at radius 3 is 3.00 bits per heavy atom. The summed E-state index contributed by atoms with van der Waals surface area (Å²) in [5, 5.41) is 9.89. The Morgan fingerprint density at radius 1 is 1.56 bits per heavy atom. The van der Waals surface area contributed by atoms with Crippen molar-refractivity contribution in [2.24, 2.45) is 0 Å². The van der Waals surface area contributed by atoms with E-state index in [1.54, 1.807) is 6.20 Å². The second-order valence-electron chi connectivity index (χ2n) is 4.56. The molecule has 84 valence electrons. The van der Waals surface area contributed by atoms with Crippen LogP contribution in [0.5, 0.6) is 0 Å². The molecule has 2 aromatic heterocycles. The van der Waals surface area contributed by atoms with Crippen molar-refractivity contribution in [2.45, 2.75) is 25.7 Å². The molecule has 2 heterocycles. The van der Waals surface area contributed by atoms with Gasteiger partial charge in [0, 0.05) is 23.2 Å². The van der Waals surface area contributed by atoms with E-state index >= 15 is 0 Å². The van der Waals surface area contributed by atoms with E-state index in [0.717, 1.165) is 16.6 Å². The van der Waals surface area contributed by atoms with Gasteiger partial charge in [0.15, 0.2) is 0 Å². The van der Waals surface area contributed by atoms with Gasteiger partial charge in [-0.3, -0.25) is 4.79 Å². The van der Waals surface area contributed by atoms with Crippen LogP contribution in [0.4, 0.5) is 0 Å². The van der Waals surface area contributed by atoms with Crippen LogP contribution in [-0.2, 0) is 10.2 Å². The number of carbonyl (C=O) groups is 1. The molecular formula is C12H14N2O2. The molecule has 0 saturated carbocycles. The molecule has 0 atom stereocenters. The number of fused-ring (bicyclic) bond motifs is 1. The highest BCUT2D eigenvalue weighted by Crippen LogP contribution is 2.32. The van der Waals surface area contributed by atoms with Crippen LogP contribution in [0.3, 0.4) is 0 Å². The summed E-state index contributed by atoms with van der Waals surface area (Å²) in [6.45, 7) is 3.85. The number of hydrogen-bond acceptors (Lipinski definition) is 2. The van der Waals surface area contributed by atoms with E-state index in [-0.39, 0.29) is 6.42 Å². The lowest BCUT2D eigenvalue weighted by atomic mass is 9.82. The fraction of sp³-hybridized carbons (Fsp3) is 0.333. The monoisotopic (exact) mass is 218 g/mol. The Morgan fingerprint density at radius 2 is 2.31 bits per heavy atom. The minimum Gasteiger partial charge on any atom is -0.481 e. The largest absolute Gasteiger partial charge is 0.481 e. The van der Waals surface area contributed by atoms with Crippen LogP contribution in [0.1, 0.15) is 25.8 Å². The molecule has 4 heteroatoms. The minimum atomic E-state index is -0.789. The Labute approximate surface area is 93.3 Å². The van der Waals surface area contributed by atoms with Gasteiger partial charge in [0.25, 0.3) is 0 Å². The zero-order valence-corrected chi connectivity index (χ0v) is 9.32. The SMILES string of the molecule is CC(C)(CC(=O)O)c1c[nH]c2ncccc12. The fourth-order valence-corrected chi connectivity index (χ4v) is 1.99. The van der Waals surface area contributed by atoms with Crippen molar-refractivity contribution in [2.75, 3.05) is 0 Å². The number of carboxylic acids is 1. The molecule has 0 aliphatic rings. The molecule has 0 unspecified atom stereocenters. The van der Waals surface area contributed by atoms with E-state index in [0.29, 0.717) is 0 Å². The number of hydrogen-bond donors (Lipinski definition) is 2. The van der Waals surface area contributed by atoms with Crippen molar-refractivity contribution in [3.8, 4) is 0 Å². The van der Waals surface area contributed by atoms with Crippen molar-refractivity contribution < 1.29 is 9.90 Å². The van der Waals surface area contributed by atoms with Crippen molar-refractivity contribution >= 4 is 17.0 Å². The molecule has 2 aromatic rings. The Balaban J connectivity index is 2.50. The number of H-pyrrole nitrogens is 1. The van der Waals surface area contributed by atoms with Gasteiger partial charge in [-0.2, -0.15) is 0 Å². The van der Waals surface area contributed by atoms with Crippen LogP contribution in [0.2, 0.25) is 0 Å². The molecule has 0 fully saturated rings. The zero-order chi connectivity index (χ0) is 11.8. The standard InChI is InChI=1S/C12H14N2O2/c1-12(2,6-10(15)16)9-7-14-11-8(9)4-3-5-13-11/h3-5,7H,6H2,1-2H3,(H,13,14)(H,15,16). The number of aromatic amines is 1. The lowest BCUT2D eigenvalue weighted by Crippen LogP contribution is -2.21. The minimum absolute atomic E-state index is 0.106. The number of nitrogens with zero attached hydrogens (tertiary/aromatic N) is 1. The van der Waals surface area contributed by atoms with Gasteiger partial charge in [-0.1, -0.05) is 13.8 Å². The van der Waals surface area contributed by atoms with Crippen LogP contribution < -0.4 is 0 Å². The second kappa shape index (κ2) is 3.63. The van der Waals surface area contributed by atoms with Gasteiger partial charge in [-0.25, -0.2) is 4.98 Å². The third kappa shape index (κ3) is 1.78. The molecule has 2 N–H and O–H groups in total. The Bertz CT molecular complexity index is 529. The summed E-state index contributed by atoms with van der Waals surface area (Å²) >= 11 is 0. The van der Waals surface area contributed by atoms with Crippen molar-refractivity contribution in [1.29, 1.82) is 0 Å². The van der Waals surface area contributed by atoms with Gasteiger partial charge in [0.1, 0.15) is 5.65 Å². The summed E-state index contributed by atoms with van der Waals surface area (Å²) in [6, 6.07) is 3.81. The number of aliphatic carboxylic acids is 1. The van der Waals surface area contributed by atoms with E-state index in [1.165, 1.54) is 0 Å². The topological polar surface area (TPSA) is 66.0 Å². The third-order valence-corrected chi connectivity index (χ3v) is 2.77. The molecule has 0 aliphatic carbocycles. The molecule has 0 amide bonds. The lowest BCUT2D eigenvalue weighted by Gasteiger charge is -2.21. The maximum atomic E-state index is 10.8. The number of carboxylic acid groups (broad SMARTS) is 1. The number of rotatable bonds is 3. The predicted octanol–water partition coefficient (Wildman–Crippen LogP) is 2.32. The van der Waals surface area contributed by atoms with Gasteiger partial charge >= 0.3 is 5.97 Å². The molecule has 2 rings (SSSR count). The first-order chi connectivity index (χ1) is 7.50. The lowest BCUT2D eigenvalue weighted by molar-refractivity contribution is -0.138. The third-order valence-electron chi connectivity index (χ3n) is 2.77. The average Bonchev–Trinajstić information content (AvgIpc) is 2.59. The first-order valence-electron chi connectivity index (χ1n) is 5.15. The molecule has 0 bridgehead atoms. The second-order valence-corrected chi connectivity index (χ2v) is 4.56. The highest BCUT2D eigenvalue weighted by atomic mass is 16.4. The summed E-state index contributed by atoms with van der Waals surface area (Å²) in [4.78, 5) is 18.1. The van der Waals surface area contributed by atoms with Crippen LogP contribution in [0, 0.1) is 0 Å². The predicted molar refractivity (Wildman–Crippen MR) is 61.4 cm³/mol. The highest BCUT2D eigenvalue weighted by molar-refractivity contribution is 5.82. The van der Waals surface area contributed by atoms with Gasteiger partial charge in [0.05, 0.1) is 6.42 Å². The zero-order valence-electron chi connectivity index (χ0n) is 9.32. The summed E-state index contributed by atoms with van der Waals surface area (Å²) in [7, 11) is 0. The van der Waals surface area contributed by atoms with Gasteiger partial charge in [-0.15, -0.1) is 0 Å². The molecule has 0 saturated heterocycles. The number of aromatic nitrogens is 2. The fourth-order valence-electron chi connectivity index (χ4n) is 1.99. The summed E-state index contributed by atoms with van der Waals surface area (Å²) in [5.41, 5.74) is 1.40. The van der Waals surface area contributed by atoms with Gasteiger partial charge in [-0.05, 0) is 17.7 Å². The van der Waals surface area contributed by atoms with Crippen molar-refractivity contribution in [3.63, 3.8) is 0 Å². The quantitative estimate of drug-likeness (QED) is 0.830. The molecule has 0 radical (unpaired) electrons. The average molecular weight is 218 g/mol. The maximum Gasteiger partial charge on any atom is 0.304 e. The van der Waals surface area contributed by atoms with E-state index < -0.39 is 11.4 Å². The van der Waals surface area contributed by atoms with E-state index in [9.17, 15) is 4.79 Å². The molecule has 4 nitrogen and oxygen atoms in total. The van der Waals surface area contributed by atoms with Crippen LogP contribution in [-0.4, -0.2) is 21.0 Å². The van der Waals surface area contributed by atoms with Crippen LogP contribution in [0.25, 0.3) is 11.0 Å². The summed E-state index contributed by atoms with van der Waals surface area (Å²) < 4.78 is 0. The Hall–Kier alpha value is -1.84. The van der Waals surface area contributed by atoms with Crippen LogP contribution in [0.15, 0.2) is 24.5 Å². The first kappa shape index (κ1) is 10.7. The molecule has 0 aromatic carbocycles. The number of pyridine rings is 1. The van der Waals surface area contributed by atoms with Crippen LogP contribution >= 0.6 is 0 Å². The van der Waals surface area contributed by atoms with E-state index in [4.69, 9.17) is 5.11 Å².